The van der Waals surface area contributed by atoms with Crippen molar-refractivity contribution in [2.24, 2.45) is 2.98 Å². The van der Waals surface area contributed by atoms with Crippen LogP contribution in [0.4, 0.5) is 0 Å². The van der Waals surface area contributed by atoms with Crippen molar-refractivity contribution in [2.45, 2.75) is 0 Å². The van der Waals surface area contributed by atoms with E-state index in [1.54, 1.807) is 0 Å². The number of rotatable bonds is 0. The third-order valence-electron chi connectivity index (χ3n) is 1.23. The molecule has 0 N–H and O–H groups in total. The van der Waals surface area contributed by atoms with Crippen LogP contribution in [0, 0.1) is 0 Å². The van der Waals surface area contributed by atoms with Gasteiger partial charge in [0.25, 0.3) is 0 Å². The van der Waals surface area contributed by atoms with Gasteiger partial charge in [0.1, 0.15) is 0 Å². The molecule has 0 saturated carbocycles. The average Bonchev–Trinajstić information content (AvgIpc) is 2.34. The number of hydrogen-bond donors (Lipinski definition) is 0. The molecule has 1 unspecified atom stereocenters. The van der Waals surface area contributed by atoms with E-state index in [1.807, 2.05) is 6.07 Å². The molecule has 52 valence electrons. The summed E-state index contributed by atoms with van der Waals surface area (Å²) < 4.78 is 7.06. The molecule has 0 aliphatic carbocycles. The number of nitrogens with zero attached hydrogens (tertiary/aromatic N) is 1. The monoisotopic (exact) mass is 285 g/mol. The second-order valence-electron chi connectivity index (χ2n) is 1.85. The van der Waals surface area contributed by atoms with Gasteiger partial charge in [0.15, 0.2) is 0 Å². The number of fused-ring (bicyclic) bond motifs is 1. The van der Waals surface area contributed by atoms with E-state index >= 15 is 0 Å². The van der Waals surface area contributed by atoms with E-state index in [0.29, 0.717) is 15.2 Å². The molecule has 0 saturated heterocycles. The first-order valence-corrected chi connectivity index (χ1v) is 8.25. The van der Waals surface area contributed by atoms with Gasteiger partial charge in [-0.1, -0.05) is 0 Å². The molecule has 1 atom stereocenters. The van der Waals surface area contributed by atoms with Gasteiger partial charge < -0.3 is 0 Å². The summed E-state index contributed by atoms with van der Waals surface area (Å²) in [6.07, 6.45) is 0. The zero-order valence-corrected chi connectivity index (χ0v) is 9.13. The van der Waals surface area contributed by atoms with Crippen molar-refractivity contribution in [3.05, 3.63) is 24.3 Å². The van der Waals surface area contributed by atoms with Gasteiger partial charge in [-0.15, -0.1) is 0 Å². The minimum atomic E-state index is -1.20. The second-order valence-corrected chi connectivity index (χ2v) is 8.53. The van der Waals surface area contributed by atoms with E-state index < -0.39 is 12.8 Å². The van der Waals surface area contributed by atoms with E-state index in [-0.39, 0.29) is 0 Å². The molecule has 0 fully saturated rings. The van der Waals surface area contributed by atoms with Crippen LogP contribution in [-0.2, 0) is 0 Å². The summed E-state index contributed by atoms with van der Waals surface area (Å²) in [6.45, 7) is 0. The maximum atomic E-state index is 6.02. The van der Waals surface area contributed by atoms with Crippen molar-refractivity contribution < 1.29 is 0 Å². The van der Waals surface area contributed by atoms with Crippen molar-refractivity contribution in [3.63, 3.8) is 0 Å². The Balaban J connectivity index is 2.61. The molecule has 1 aliphatic heterocycles. The van der Waals surface area contributed by atoms with E-state index in [2.05, 4.69) is 21.2 Å². The Morgan fingerprint density at radius 3 is 3.00 bits per heavy atom. The maximum absolute atomic E-state index is 6.02. The van der Waals surface area contributed by atoms with Crippen molar-refractivity contribution in [2.75, 3.05) is 0 Å². The summed E-state index contributed by atoms with van der Waals surface area (Å²) in [5.74, 6) is 0. The van der Waals surface area contributed by atoms with Crippen LogP contribution >= 0.6 is 10.1 Å². The Morgan fingerprint density at radius 2 is 2.20 bits per heavy atom. The van der Waals surface area contributed by atoms with Crippen LogP contribution in [0.5, 0.6) is 0 Å². The van der Waals surface area contributed by atoms with E-state index in [0.717, 1.165) is 0 Å². The normalized spacial score (nSPS) is 21.9. The molecule has 0 radical (unpaired) electrons. The summed E-state index contributed by atoms with van der Waals surface area (Å²) in [5, 5.41) is 0. The van der Waals surface area contributed by atoms with E-state index in [4.69, 9.17) is 10.1 Å². The molecule has 1 nitrogen and oxygen atoms in total. The van der Waals surface area contributed by atoms with Crippen LogP contribution in [0.25, 0.3) is 0 Å². The number of halogens is 1. The quantitative estimate of drug-likeness (QED) is 0.601. The molecule has 0 spiro atoms. The molecule has 0 bridgehead atoms. The average molecular weight is 283 g/mol. The SMILES string of the molecule is Cl[Se]1=N[Se]c2ccccc21. The first-order valence-electron chi connectivity index (χ1n) is 2.76. The van der Waals surface area contributed by atoms with Gasteiger partial charge in [0, 0.05) is 0 Å². The van der Waals surface area contributed by atoms with Gasteiger partial charge in [-0.2, -0.15) is 0 Å². The molecule has 10 heavy (non-hydrogen) atoms. The van der Waals surface area contributed by atoms with Crippen LogP contribution < -0.4 is 8.92 Å². The van der Waals surface area contributed by atoms with Gasteiger partial charge in [-0.3, -0.25) is 0 Å². The molecule has 0 aromatic heterocycles. The van der Waals surface area contributed by atoms with Gasteiger partial charge in [0.05, 0.1) is 0 Å². The number of hydrogen-bond acceptors (Lipinski definition) is 1. The van der Waals surface area contributed by atoms with Crippen molar-refractivity contribution >= 4 is 47.0 Å². The van der Waals surface area contributed by atoms with E-state index in [1.165, 1.54) is 8.92 Å². The summed E-state index contributed by atoms with van der Waals surface area (Å²) in [7, 11) is 6.02. The van der Waals surface area contributed by atoms with Crippen LogP contribution in [0.15, 0.2) is 27.2 Å². The number of benzene rings is 1. The summed E-state index contributed by atoms with van der Waals surface area (Å²) in [4.78, 5) is 0. The predicted molar refractivity (Wildman–Crippen MR) is 45.5 cm³/mol. The molecule has 2 rings (SSSR count). The Hall–Kier alpha value is 0.349. The van der Waals surface area contributed by atoms with Gasteiger partial charge in [-0.25, -0.2) is 0 Å². The Bertz CT molecular complexity index is 298. The fraction of sp³-hybridized carbons (Fsp3) is 0. The van der Waals surface area contributed by atoms with Crippen molar-refractivity contribution in [1.29, 1.82) is 0 Å². The zero-order valence-electron chi connectivity index (χ0n) is 4.95. The fourth-order valence-electron chi connectivity index (χ4n) is 0.778. The van der Waals surface area contributed by atoms with E-state index in [9.17, 15) is 0 Å². The third kappa shape index (κ3) is 1.09. The first-order chi connectivity index (χ1) is 4.88. The van der Waals surface area contributed by atoms with Crippen LogP contribution in [0.3, 0.4) is 0 Å². The van der Waals surface area contributed by atoms with Crippen molar-refractivity contribution in [3.8, 4) is 0 Å². The van der Waals surface area contributed by atoms with Crippen LogP contribution in [0.1, 0.15) is 0 Å². The zero-order chi connectivity index (χ0) is 6.97. The third-order valence-corrected chi connectivity index (χ3v) is 9.61. The molecule has 1 aromatic rings. The van der Waals surface area contributed by atoms with Gasteiger partial charge >= 0.3 is 74.2 Å². The van der Waals surface area contributed by atoms with Gasteiger partial charge in [-0.05, 0) is 0 Å². The molecule has 0 amide bonds. The molecule has 1 aliphatic rings. The predicted octanol–water partition coefficient (Wildman–Crippen LogP) is 0.147. The van der Waals surface area contributed by atoms with Crippen LogP contribution in [0.2, 0.25) is 0 Å². The Kier molecular flexibility index (Phi) is 1.94. The minimum absolute atomic E-state index is 0.322. The summed E-state index contributed by atoms with van der Waals surface area (Å²) in [6, 6.07) is 8.32. The molecule has 4 heteroatoms. The summed E-state index contributed by atoms with van der Waals surface area (Å²) in [5.41, 5.74) is 0. The molecule has 1 aromatic carbocycles. The molecular formula is C6H4ClNSe2. The fourth-order valence-corrected chi connectivity index (χ4v) is 8.50. The summed E-state index contributed by atoms with van der Waals surface area (Å²) >= 11 is -0.875. The Morgan fingerprint density at radius 1 is 1.40 bits per heavy atom. The van der Waals surface area contributed by atoms with Crippen LogP contribution in [-0.4, -0.2) is 28.0 Å². The topological polar surface area (TPSA) is 12.4 Å². The standard InChI is InChI=1S/C6H4ClNSe2/c7-10-6-4-2-1-3-5(6)9-8-10/h1-4H. The van der Waals surface area contributed by atoms with Gasteiger partial charge in [0.2, 0.25) is 0 Å². The Labute approximate surface area is 74.1 Å². The molecular weight excluding hydrogens is 279 g/mol. The first kappa shape index (κ1) is 7.02. The van der Waals surface area contributed by atoms with Crippen molar-refractivity contribution in [1.82, 2.24) is 0 Å². The molecule has 1 heterocycles. The second kappa shape index (κ2) is 2.77.